The second-order valence-corrected chi connectivity index (χ2v) is 5.76. The summed E-state index contributed by atoms with van der Waals surface area (Å²) in [6.45, 7) is 0. The molecule has 0 aliphatic rings. The summed E-state index contributed by atoms with van der Waals surface area (Å²) in [6, 6.07) is 14.0. The monoisotopic (exact) mass is 349 g/mol. The maximum absolute atomic E-state index is 11.7. The number of methoxy groups -OCH3 is 2. The van der Waals surface area contributed by atoms with Gasteiger partial charge < -0.3 is 19.0 Å². The van der Waals surface area contributed by atoms with Crippen molar-refractivity contribution in [2.75, 3.05) is 14.2 Å². The summed E-state index contributed by atoms with van der Waals surface area (Å²) in [7, 11) is 3.12. The third-order valence-electron chi connectivity index (χ3n) is 4.23. The van der Waals surface area contributed by atoms with Gasteiger partial charge >= 0.3 is 5.97 Å². The fourth-order valence-electron chi connectivity index (χ4n) is 2.90. The fourth-order valence-corrected chi connectivity index (χ4v) is 2.90. The summed E-state index contributed by atoms with van der Waals surface area (Å²) >= 11 is 0. The number of nitrogens with zero attached hydrogens (tertiary/aromatic N) is 1. The van der Waals surface area contributed by atoms with Gasteiger partial charge in [-0.15, -0.1) is 0 Å². The highest BCUT2D eigenvalue weighted by Crippen LogP contribution is 2.32. The molecule has 0 saturated heterocycles. The normalized spacial score (nSPS) is 11.0. The van der Waals surface area contributed by atoms with Gasteiger partial charge in [-0.3, -0.25) is 0 Å². The highest BCUT2D eigenvalue weighted by molar-refractivity contribution is 6.04. The predicted molar refractivity (Wildman–Crippen MR) is 97.0 cm³/mol. The van der Waals surface area contributed by atoms with Gasteiger partial charge in [-0.25, -0.2) is 9.78 Å². The molecular weight excluding hydrogens is 334 g/mol. The molecule has 2 aromatic carbocycles. The molecule has 0 aliphatic heterocycles. The van der Waals surface area contributed by atoms with Gasteiger partial charge in [0.1, 0.15) is 22.8 Å². The molecule has 2 aromatic heterocycles. The molecule has 0 fully saturated rings. The van der Waals surface area contributed by atoms with E-state index in [4.69, 9.17) is 13.9 Å². The van der Waals surface area contributed by atoms with Crippen LogP contribution in [-0.2, 0) is 0 Å². The molecule has 0 bridgehead atoms. The van der Waals surface area contributed by atoms with Gasteiger partial charge in [0, 0.05) is 16.8 Å². The minimum absolute atomic E-state index is 0.141. The lowest BCUT2D eigenvalue weighted by molar-refractivity contribution is 0.0699. The van der Waals surface area contributed by atoms with Crippen LogP contribution in [0.25, 0.3) is 33.3 Å². The van der Waals surface area contributed by atoms with E-state index in [1.807, 2.05) is 18.2 Å². The smallest absolute Gasteiger partial charge is 0.336 e. The number of ether oxygens (including phenoxy) is 2. The molecule has 2 heterocycles. The maximum atomic E-state index is 11.7. The number of pyridine rings is 1. The van der Waals surface area contributed by atoms with Gasteiger partial charge in [-0.2, -0.15) is 0 Å². The molecule has 4 rings (SSSR count). The van der Waals surface area contributed by atoms with Crippen molar-refractivity contribution in [3.63, 3.8) is 0 Å². The Morgan fingerprint density at radius 1 is 1.00 bits per heavy atom. The van der Waals surface area contributed by atoms with E-state index in [2.05, 4.69) is 4.98 Å². The van der Waals surface area contributed by atoms with Crippen molar-refractivity contribution in [3.8, 4) is 23.0 Å². The van der Waals surface area contributed by atoms with Crippen molar-refractivity contribution in [3.05, 3.63) is 54.1 Å². The number of aromatic nitrogens is 1. The minimum Gasteiger partial charge on any atom is -0.497 e. The number of carboxylic acid groups (broad SMARTS) is 1. The summed E-state index contributed by atoms with van der Waals surface area (Å²) in [5.74, 6) is 0.715. The predicted octanol–water partition coefficient (Wildman–Crippen LogP) is 4.36. The van der Waals surface area contributed by atoms with E-state index < -0.39 is 5.97 Å². The van der Waals surface area contributed by atoms with E-state index in [9.17, 15) is 9.90 Å². The molecule has 0 aliphatic carbocycles. The molecule has 0 atom stereocenters. The largest absolute Gasteiger partial charge is 0.497 e. The number of hydrogen-bond acceptors (Lipinski definition) is 5. The molecule has 26 heavy (non-hydrogen) atoms. The Bertz CT molecular complexity index is 1150. The summed E-state index contributed by atoms with van der Waals surface area (Å²) in [6.07, 6.45) is 0. The molecule has 0 spiro atoms. The first-order valence-corrected chi connectivity index (χ1v) is 7.89. The quantitative estimate of drug-likeness (QED) is 0.589. The highest BCUT2D eigenvalue weighted by Gasteiger charge is 2.16. The molecule has 0 amide bonds. The van der Waals surface area contributed by atoms with Crippen molar-refractivity contribution >= 4 is 27.8 Å². The van der Waals surface area contributed by atoms with E-state index >= 15 is 0 Å². The summed E-state index contributed by atoms with van der Waals surface area (Å²) in [4.78, 5) is 16.3. The molecule has 4 aromatic rings. The SMILES string of the molecule is COc1ccc2cc(-c3cc(C(=O)O)c4cc(OC)ccc4n3)oc2c1. The van der Waals surface area contributed by atoms with E-state index in [1.54, 1.807) is 31.4 Å². The van der Waals surface area contributed by atoms with Crippen molar-refractivity contribution in [1.82, 2.24) is 4.98 Å². The second kappa shape index (κ2) is 6.07. The van der Waals surface area contributed by atoms with E-state index in [0.717, 1.165) is 5.39 Å². The van der Waals surface area contributed by atoms with E-state index in [0.29, 0.717) is 39.4 Å². The zero-order valence-corrected chi connectivity index (χ0v) is 14.1. The number of hydrogen-bond donors (Lipinski definition) is 1. The van der Waals surface area contributed by atoms with Crippen molar-refractivity contribution in [1.29, 1.82) is 0 Å². The Morgan fingerprint density at radius 3 is 2.46 bits per heavy atom. The van der Waals surface area contributed by atoms with Gasteiger partial charge in [0.05, 0.1) is 25.3 Å². The minimum atomic E-state index is -1.04. The molecule has 6 heteroatoms. The summed E-state index contributed by atoms with van der Waals surface area (Å²) < 4.78 is 16.2. The lowest BCUT2D eigenvalue weighted by Gasteiger charge is -2.07. The van der Waals surface area contributed by atoms with E-state index in [-0.39, 0.29) is 5.56 Å². The van der Waals surface area contributed by atoms with Crippen LogP contribution >= 0.6 is 0 Å². The number of carbonyl (C=O) groups is 1. The Balaban J connectivity index is 1.92. The van der Waals surface area contributed by atoms with Gasteiger partial charge in [0.2, 0.25) is 0 Å². The van der Waals surface area contributed by atoms with Crippen LogP contribution in [0.5, 0.6) is 11.5 Å². The first-order valence-electron chi connectivity index (χ1n) is 7.89. The Hall–Kier alpha value is -3.54. The van der Waals surface area contributed by atoms with Crippen LogP contribution in [0.4, 0.5) is 0 Å². The van der Waals surface area contributed by atoms with Gasteiger partial charge in [-0.05, 0) is 42.5 Å². The van der Waals surface area contributed by atoms with Crippen LogP contribution < -0.4 is 9.47 Å². The lowest BCUT2D eigenvalue weighted by Crippen LogP contribution is -2.00. The lowest BCUT2D eigenvalue weighted by atomic mass is 10.1. The van der Waals surface area contributed by atoms with Crippen molar-refractivity contribution in [2.24, 2.45) is 0 Å². The molecule has 1 N–H and O–H groups in total. The maximum Gasteiger partial charge on any atom is 0.336 e. The first-order chi connectivity index (χ1) is 12.6. The van der Waals surface area contributed by atoms with Crippen LogP contribution in [0.2, 0.25) is 0 Å². The molecule has 130 valence electrons. The fraction of sp³-hybridized carbons (Fsp3) is 0.100. The number of benzene rings is 2. The van der Waals surface area contributed by atoms with Crippen LogP contribution in [0.3, 0.4) is 0 Å². The number of rotatable bonds is 4. The number of aromatic carboxylic acids is 1. The Morgan fingerprint density at radius 2 is 1.73 bits per heavy atom. The van der Waals surface area contributed by atoms with Crippen LogP contribution in [0, 0.1) is 0 Å². The van der Waals surface area contributed by atoms with Crippen molar-refractivity contribution < 1.29 is 23.8 Å². The third-order valence-corrected chi connectivity index (χ3v) is 4.23. The van der Waals surface area contributed by atoms with Gasteiger partial charge in [0.15, 0.2) is 5.76 Å². The molecule has 6 nitrogen and oxygen atoms in total. The zero-order chi connectivity index (χ0) is 18.3. The van der Waals surface area contributed by atoms with Gasteiger partial charge in [0.25, 0.3) is 0 Å². The first kappa shape index (κ1) is 16.0. The Labute approximate surface area is 148 Å². The topological polar surface area (TPSA) is 81.8 Å². The molecule has 0 unspecified atom stereocenters. The highest BCUT2D eigenvalue weighted by atomic mass is 16.5. The standard InChI is InChI=1S/C20H15NO5/c1-24-12-5-6-16-14(8-12)15(20(22)23)10-17(21-16)19-7-11-3-4-13(25-2)9-18(11)26-19/h3-10H,1-2H3,(H,22,23). The number of furan rings is 1. The number of fused-ring (bicyclic) bond motifs is 2. The van der Waals surface area contributed by atoms with Gasteiger partial charge in [-0.1, -0.05) is 0 Å². The third kappa shape index (κ3) is 2.61. The van der Waals surface area contributed by atoms with Crippen molar-refractivity contribution in [2.45, 2.75) is 0 Å². The average molecular weight is 349 g/mol. The second-order valence-electron chi connectivity index (χ2n) is 5.76. The zero-order valence-electron chi connectivity index (χ0n) is 14.1. The molecule has 0 saturated carbocycles. The van der Waals surface area contributed by atoms with Crippen LogP contribution in [0.15, 0.2) is 52.9 Å². The average Bonchev–Trinajstić information content (AvgIpc) is 3.09. The Kier molecular flexibility index (Phi) is 3.73. The van der Waals surface area contributed by atoms with Crippen LogP contribution in [-0.4, -0.2) is 30.3 Å². The van der Waals surface area contributed by atoms with E-state index in [1.165, 1.54) is 13.2 Å². The summed E-state index contributed by atoms with van der Waals surface area (Å²) in [5, 5.41) is 11.0. The van der Waals surface area contributed by atoms with Crippen LogP contribution in [0.1, 0.15) is 10.4 Å². The number of carboxylic acids is 1. The summed E-state index contributed by atoms with van der Waals surface area (Å²) in [5.41, 5.74) is 1.80. The molecule has 0 radical (unpaired) electrons. The molecular formula is C20H15NO5.